The monoisotopic (exact) mass is 364 g/mol. The molecular formula is C19H13ClN4O2. The molecule has 1 aromatic carbocycles. The largest absolute Gasteiger partial charge is 0.465 e. The van der Waals surface area contributed by atoms with Gasteiger partial charge in [-0.15, -0.1) is 0 Å². The number of halogens is 1. The van der Waals surface area contributed by atoms with E-state index in [4.69, 9.17) is 16.3 Å². The number of hydrogen-bond acceptors (Lipinski definition) is 5. The van der Waals surface area contributed by atoms with E-state index in [2.05, 4.69) is 15.0 Å². The summed E-state index contributed by atoms with van der Waals surface area (Å²) >= 11 is 6.40. The van der Waals surface area contributed by atoms with Crippen molar-refractivity contribution in [1.29, 1.82) is 0 Å². The standard InChI is InChI=1S/C19H13ClN4O2/c1-26-19(25)17-14(13-4-2-3-5-15(13)20)8-16(12-9-21-11-22-10-12)24-7-6-23-18(17)24/h2-11H,1H3. The lowest BCUT2D eigenvalue weighted by Crippen LogP contribution is -2.08. The Labute approximate surface area is 154 Å². The second-order valence-corrected chi connectivity index (χ2v) is 5.94. The summed E-state index contributed by atoms with van der Waals surface area (Å²) in [7, 11) is 1.34. The highest BCUT2D eigenvalue weighted by Crippen LogP contribution is 2.35. The Morgan fingerprint density at radius 2 is 1.92 bits per heavy atom. The lowest BCUT2D eigenvalue weighted by molar-refractivity contribution is 0.0603. The van der Waals surface area contributed by atoms with E-state index in [1.165, 1.54) is 13.4 Å². The molecule has 0 saturated heterocycles. The van der Waals surface area contributed by atoms with Crippen molar-refractivity contribution in [1.82, 2.24) is 19.4 Å². The molecule has 0 radical (unpaired) electrons. The molecule has 4 aromatic rings. The normalized spacial score (nSPS) is 10.8. The fourth-order valence-electron chi connectivity index (χ4n) is 2.93. The molecule has 0 amide bonds. The summed E-state index contributed by atoms with van der Waals surface area (Å²) in [5.41, 5.74) is 3.78. The Morgan fingerprint density at radius 1 is 1.15 bits per heavy atom. The summed E-state index contributed by atoms with van der Waals surface area (Å²) in [6.07, 6.45) is 8.28. The number of hydrogen-bond donors (Lipinski definition) is 0. The van der Waals surface area contributed by atoms with E-state index in [0.29, 0.717) is 21.8 Å². The van der Waals surface area contributed by atoms with Gasteiger partial charge in [0.05, 0.1) is 12.8 Å². The minimum Gasteiger partial charge on any atom is -0.465 e. The van der Waals surface area contributed by atoms with Gasteiger partial charge in [-0.1, -0.05) is 29.8 Å². The first-order valence-electron chi connectivity index (χ1n) is 7.79. The topological polar surface area (TPSA) is 69.4 Å². The molecule has 6 nitrogen and oxygen atoms in total. The van der Waals surface area contributed by atoms with Gasteiger partial charge in [-0.05, 0) is 12.1 Å². The van der Waals surface area contributed by atoms with E-state index in [0.717, 1.165) is 16.8 Å². The van der Waals surface area contributed by atoms with E-state index in [1.807, 2.05) is 28.7 Å². The number of methoxy groups -OCH3 is 1. The van der Waals surface area contributed by atoms with Gasteiger partial charge in [0.15, 0.2) is 5.65 Å². The van der Waals surface area contributed by atoms with Crippen molar-refractivity contribution < 1.29 is 9.53 Å². The van der Waals surface area contributed by atoms with Gasteiger partial charge >= 0.3 is 5.97 Å². The molecule has 4 rings (SSSR count). The molecular weight excluding hydrogens is 352 g/mol. The number of benzene rings is 1. The third-order valence-electron chi connectivity index (χ3n) is 4.08. The van der Waals surface area contributed by atoms with Crippen LogP contribution in [0, 0.1) is 0 Å². The van der Waals surface area contributed by atoms with Gasteiger partial charge in [0.1, 0.15) is 11.9 Å². The molecule has 0 spiro atoms. The van der Waals surface area contributed by atoms with Gasteiger partial charge in [-0.3, -0.25) is 4.40 Å². The van der Waals surface area contributed by atoms with Crippen LogP contribution in [0.4, 0.5) is 0 Å². The van der Waals surface area contributed by atoms with Gasteiger partial charge in [-0.2, -0.15) is 0 Å². The van der Waals surface area contributed by atoms with Crippen LogP contribution in [-0.4, -0.2) is 32.4 Å². The first kappa shape index (κ1) is 16.2. The SMILES string of the molecule is COC(=O)c1c(-c2ccccc2Cl)cc(-c2cncnc2)n2ccnc12. The first-order chi connectivity index (χ1) is 12.7. The summed E-state index contributed by atoms with van der Waals surface area (Å²) in [6.45, 7) is 0. The number of carbonyl (C=O) groups excluding carboxylic acids is 1. The zero-order valence-corrected chi connectivity index (χ0v) is 14.5. The van der Waals surface area contributed by atoms with Crippen LogP contribution in [0.1, 0.15) is 10.4 Å². The highest BCUT2D eigenvalue weighted by molar-refractivity contribution is 6.33. The number of esters is 1. The second-order valence-electron chi connectivity index (χ2n) is 5.54. The minimum atomic E-state index is -0.480. The fourth-order valence-corrected chi connectivity index (χ4v) is 3.17. The van der Waals surface area contributed by atoms with E-state index >= 15 is 0 Å². The number of fused-ring (bicyclic) bond motifs is 1. The van der Waals surface area contributed by atoms with Crippen LogP contribution < -0.4 is 0 Å². The van der Waals surface area contributed by atoms with Crippen molar-refractivity contribution >= 4 is 23.2 Å². The molecule has 0 aliphatic carbocycles. The molecule has 3 aromatic heterocycles. The Morgan fingerprint density at radius 3 is 2.65 bits per heavy atom. The van der Waals surface area contributed by atoms with Crippen molar-refractivity contribution in [3.8, 4) is 22.4 Å². The third kappa shape index (κ3) is 2.60. The molecule has 0 saturated carbocycles. The lowest BCUT2D eigenvalue weighted by Gasteiger charge is -2.15. The lowest BCUT2D eigenvalue weighted by atomic mass is 9.98. The van der Waals surface area contributed by atoms with Gasteiger partial charge in [-0.25, -0.2) is 19.7 Å². The van der Waals surface area contributed by atoms with Crippen LogP contribution in [0.25, 0.3) is 28.0 Å². The number of nitrogens with zero attached hydrogens (tertiary/aromatic N) is 4. The number of imidazole rings is 1. The molecule has 0 bridgehead atoms. The zero-order valence-electron chi connectivity index (χ0n) is 13.8. The molecule has 26 heavy (non-hydrogen) atoms. The van der Waals surface area contributed by atoms with Gasteiger partial charge in [0, 0.05) is 46.5 Å². The number of pyridine rings is 1. The minimum absolute atomic E-state index is 0.353. The van der Waals surface area contributed by atoms with E-state index in [9.17, 15) is 4.79 Å². The Hall–Kier alpha value is -3.25. The zero-order chi connectivity index (χ0) is 18.1. The predicted molar refractivity (Wildman–Crippen MR) is 98.0 cm³/mol. The van der Waals surface area contributed by atoms with Crippen molar-refractivity contribution in [2.75, 3.05) is 7.11 Å². The van der Waals surface area contributed by atoms with E-state index in [-0.39, 0.29) is 0 Å². The highest BCUT2D eigenvalue weighted by atomic mass is 35.5. The number of carbonyl (C=O) groups is 1. The van der Waals surface area contributed by atoms with Crippen molar-refractivity contribution in [2.45, 2.75) is 0 Å². The Bertz CT molecular complexity index is 1110. The van der Waals surface area contributed by atoms with Crippen LogP contribution in [0.15, 0.2) is 61.4 Å². The van der Waals surface area contributed by atoms with Crippen LogP contribution in [0.2, 0.25) is 5.02 Å². The summed E-state index contributed by atoms with van der Waals surface area (Å²) < 4.78 is 6.81. The quantitative estimate of drug-likeness (QED) is 0.516. The molecule has 0 fully saturated rings. The number of aromatic nitrogens is 4. The smallest absolute Gasteiger partial charge is 0.342 e. The van der Waals surface area contributed by atoms with Crippen molar-refractivity contribution in [2.24, 2.45) is 0 Å². The first-order valence-corrected chi connectivity index (χ1v) is 8.17. The van der Waals surface area contributed by atoms with E-state index in [1.54, 1.807) is 30.9 Å². The Balaban J connectivity index is 2.12. The molecule has 0 unspecified atom stereocenters. The summed E-state index contributed by atoms with van der Waals surface area (Å²) in [4.78, 5) is 25.1. The molecule has 0 N–H and O–H groups in total. The molecule has 7 heteroatoms. The van der Waals surface area contributed by atoms with Gasteiger partial charge in [0.2, 0.25) is 0 Å². The average Bonchev–Trinajstić information content (AvgIpc) is 3.17. The van der Waals surface area contributed by atoms with Gasteiger partial charge < -0.3 is 4.74 Å². The molecule has 0 atom stereocenters. The van der Waals surface area contributed by atoms with Crippen LogP contribution in [-0.2, 0) is 4.74 Å². The maximum Gasteiger partial charge on any atom is 0.342 e. The van der Waals surface area contributed by atoms with Crippen LogP contribution >= 0.6 is 11.6 Å². The molecule has 3 heterocycles. The number of ether oxygens (including phenoxy) is 1. The van der Waals surface area contributed by atoms with E-state index < -0.39 is 5.97 Å². The maximum atomic E-state index is 12.5. The third-order valence-corrected chi connectivity index (χ3v) is 4.41. The maximum absolute atomic E-state index is 12.5. The summed E-state index contributed by atoms with van der Waals surface area (Å²) in [5, 5.41) is 0.531. The number of rotatable bonds is 3. The highest BCUT2D eigenvalue weighted by Gasteiger charge is 2.23. The van der Waals surface area contributed by atoms with Crippen LogP contribution in [0.5, 0.6) is 0 Å². The molecule has 0 aliphatic rings. The fraction of sp³-hybridized carbons (Fsp3) is 0.0526. The second kappa shape index (κ2) is 6.57. The molecule has 0 aliphatic heterocycles. The van der Waals surface area contributed by atoms with Crippen LogP contribution in [0.3, 0.4) is 0 Å². The van der Waals surface area contributed by atoms with Crippen molar-refractivity contribution in [3.05, 3.63) is 72.0 Å². The molecule has 128 valence electrons. The average molecular weight is 365 g/mol. The van der Waals surface area contributed by atoms with Crippen molar-refractivity contribution in [3.63, 3.8) is 0 Å². The predicted octanol–water partition coefficient (Wildman–Crippen LogP) is 3.90. The Kier molecular flexibility index (Phi) is 4.10. The summed E-state index contributed by atoms with van der Waals surface area (Å²) in [5.74, 6) is -0.480. The summed E-state index contributed by atoms with van der Waals surface area (Å²) in [6, 6.07) is 9.21. The van der Waals surface area contributed by atoms with Gasteiger partial charge in [0.25, 0.3) is 0 Å².